The molecule has 17 heavy (non-hydrogen) atoms. The van der Waals surface area contributed by atoms with E-state index in [0.717, 1.165) is 11.4 Å². The van der Waals surface area contributed by atoms with E-state index >= 15 is 0 Å². The van der Waals surface area contributed by atoms with Crippen LogP contribution in [0.25, 0.3) is 0 Å². The zero-order valence-corrected chi connectivity index (χ0v) is 10.8. The molecule has 0 saturated carbocycles. The average Bonchev–Trinajstić information content (AvgIpc) is 2.26. The Hall–Kier alpha value is -1.51. The molecule has 0 saturated heterocycles. The van der Waals surface area contributed by atoms with Crippen LogP contribution in [0.2, 0.25) is 0 Å². The van der Waals surface area contributed by atoms with Gasteiger partial charge in [0.15, 0.2) is 6.10 Å². The number of hydrogen-bond acceptors (Lipinski definition) is 2. The lowest BCUT2D eigenvalue weighted by atomic mass is 10.0. The van der Waals surface area contributed by atoms with Crippen molar-refractivity contribution in [1.29, 1.82) is 0 Å². The molecule has 0 bridgehead atoms. The molecule has 1 aromatic rings. The van der Waals surface area contributed by atoms with Crippen LogP contribution in [-0.4, -0.2) is 12.0 Å². The Bertz CT molecular complexity index is 438. The van der Waals surface area contributed by atoms with Gasteiger partial charge in [-0.05, 0) is 29.5 Å². The molecule has 1 amide bonds. The molecule has 0 radical (unpaired) electrons. The Balaban J connectivity index is 2.32. The number of hydrogen-bond donors (Lipinski definition) is 1. The standard InChI is InChI=1S/C14H19NO2/c1-8(2)10-5-6-12-11(7-10)15-14(16)13(17-12)9(3)4/h5-9,13H,1-4H3,(H,15,16). The highest BCUT2D eigenvalue weighted by atomic mass is 16.5. The molecule has 3 heteroatoms. The first-order valence-electron chi connectivity index (χ1n) is 6.10. The number of carbonyl (C=O) groups is 1. The summed E-state index contributed by atoms with van der Waals surface area (Å²) in [6.45, 7) is 8.23. The first-order valence-corrected chi connectivity index (χ1v) is 6.10. The molecule has 1 aliphatic heterocycles. The number of nitrogens with one attached hydrogen (secondary N) is 1. The van der Waals surface area contributed by atoms with Gasteiger partial charge < -0.3 is 10.1 Å². The number of amides is 1. The summed E-state index contributed by atoms with van der Waals surface area (Å²) in [4.78, 5) is 11.8. The lowest BCUT2D eigenvalue weighted by Crippen LogP contribution is -2.40. The van der Waals surface area contributed by atoms with Gasteiger partial charge in [0.25, 0.3) is 5.91 Å². The van der Waals surface area contributed by atoms with Crippen molar-refractivity contribution in [2.75, 3.05) is 5.32 Å². The van der Waals surface area contributed by atoms with Crippen molar-refractivity contribution < 1.29 is 9.53 Å². The second-order valence-corrected chi connectivity index (χ2v) is 5.18. The summed E-state index contributed by atoms with van der Waals surface area (Å²) in [6, 6.07) is 5.99. The third-order valence-electron chi connectivity index (χ3n) is 3.05. The number of rotatable bonds is 2. The van der Waals surface area contributed by atoms with Gasteiger partial charge >= 0.3 is 0 Å². The second kappa shape index (κ2) is 4.40. The van der Waals surface area contributed by atoms with Gasteiger partial charge in [0.2, 0.25) is 0 Å². The Kier molecular flexibility index (Phi) is 3.09. The number of carbonyl (C=O) groups excluding carboxylic acids is 1. The molecule has 1 unspecified atom stereocenters. The topological polar surface area (TPSA) is 38.3 Å². The smallest absolute Gasteiger partial charge is 0.265 e. The third-order valence-corrected chi connectivity index (χ3v) is 3.05. The van der Waals surface area contributed by atoms with Crippen LogP contribution < -0.4 is 10.1 Å². The summed E-state index contributed by atoms with van der Waals surface area (Å²) < 4.78 is 5.73. The number of ether oxygens (including phenoxy) is 1. The van der Waals surface area contributed by atoms with E-state index in [9.17, 15) is 4.79 Å². The van der Waals surface area contributed by atoms with Gasteiger partial charge in [-0.3, -0.25) is 4.79 Å². The highest BCUT2D eigenvalue weighted by Gasteiger charge is 2.30. The molecule has 0 aliphatic carbocycles. The largest absolute Gasteiger partial charge is 0.478 e. The molecule has 1 aliphatic rings. The fourth-order valence-corrected chi connectivity index (χ4v) is 1.94. The fourth-order valence-electron chi connectivity index (χ4n) is 1.94. The van der Waals surface area contributed by atoms with Gasteiger partial charge in [0.05, 0.1) is 5.69 Å². The molecule has 0 aromatic heterocycles. The van der Waals surface area contributed by atoms with Crippen LogP contribution in [0.15, 0.2) is 18.2 Å². The molecule has 1 N–H and O–H groups in total. The molecule has 3 nitrogen and oxygen atoms in total. The Labute approximate surface area is 102 Å². The van der Waals surface area contributed by atoms with Crippen molar-refractivity contribution in [3.63, 3.8) is 0 Å². The summed E-state index contributed by atoms with van der Waals surface area (Å²) in [7, 11) is 0. The monoisotopic (exact) mass is 233 g/mol. The van der Waals surface area contributed by atoms with E-state index in [1.54, 1.807) is 0 Å². The zero-order chi connectivity index (χ0) is 12.6. The summed E-state index contributed by atoms with van der Waals surface area (Å²) >= 11 is 0. The van der Waals surface area contributed by atoms with Crippen LogP contribution >= 0.6 is 0 Å². The lowest BCUT2D eigenvalue weighted by Gasteiger charge is -2.28. The highest BCUT2D eigenvalue weighted by molar-refractivity contribution is 5.98. The van der Waals surface area contributed by atoms with Crippen molar-refractivity contribution in [3.8, 4) is 5.75 Å². The van der Waals surface area contributed by atoms with Crippen LogP contribution in [0.4, 0.5) is 5.69 Å². The number of anilines is 1. The normalized spacial score (nSPS) is 18.9. The van der Waals surface area contributed by atoms with Crippen LogP contribution in [-0.2, 0) is 4.79 Å². The second-order valence-electron chi connectivity index (χ2n) is 5.18. The number of benzene rings is 1. The molecular formula is C14H19NO2. The summed E-state index contributed by atoms with van der Waals surface area (Å²) in [5.74, 6) is 1.34. The van der Waals surface area contributed by atoms with Gasteiger partial charge in [0.1, 0.15) is 5.75 Å². The van der Waals surface area contributed by atoms with Gasteiger partial charge in [-0.1, -0.05) is 33.8 Å². The predicted molar refractivity (Wildman–Crippen MR) is 68.4 cm³/mol. The summed E-state index contributed by atoms with van der Waals surface area (Å²) in [5.41, 5.74) is 1.99. The van der Waals surface area contributed by atoms with Crippen LogP contribution in [0.3, 0.4) is 0 Å². The maximum Gasteiger partial charge on any atom is 0.265 e. The Morgan fingerprint density at radius 1 is 1.24 bits per heavy atom. The molecule has 0 fully saturated rings. The van der Waals surface area contributed by atoms with Gasteiger partial charge in [-0.25, -0.2) is 0 Å². The van der Waals surface area contributed by atoms with E-state index in [1.165, 1.54) is 5.56 Å². The van der Waals surface area contributed by atoms with Gasteiger partial charge in [-0.2, -0.15) is 0 Å². The first-order chi connectivity index (χ1) is 7.99. The van der Waals surface area contributed by atoms with Gasteiger partial charge in [-0.15, -0.1) is 0 Å². The third kappa shape index (κ3) is 2.28. The van der Waals surface area contributed by atoms with E-state index in [0.29, 0.717) is 5.92 Å². The fraction of sp³-hybridized carbons (Fsp3) is 0.500. The van der Waals surface area contributed by atoms with E-state index in [-0.39, 0.29) is 17.9 Å². The molecule has 1 aromatic carbocycles. The predicted octanol–water partition coefficient (Wildman–Crippen LogP) is 3.17. The van der Waals surface area contributed by atoms with Crippen LogP contribution in [0, 0.1) is 5.92 Å². The van der Waals surface area contributed by atoms with E-state index in [4.69, 9.17) is 4.74 Å². The molecule has 1 atom stereocenters. The quantitative estimate of drug-likeness (QED) is 0.852. The van der Waals surface area contributed by atoms with Crippen LogP contribution in [0.5, 0.6) is 5.75 Å². The Morgan fingerprint density at radius 3 is 2.53 bits per heavy atom. The maximum atomic E-state index is 11.8. The van der Waals surface area contributed by atoms with Gasteiger partial charge in [0, 0.05) is 0 Å². The van der Waals surface area contributed by atoms with Crippen LogP contribution in [0.1, 0.15) is 39.2 Å². The minimum atomic E-state index is -0.382. The average molecular weight is 233 g/mol. The maximum absolute atomic E-state index is 11.8. The first kappa shape index (κ1) is 12.0. The molecule has 2 rings (SSSR count). The van der Waals surface area contributed by atoms with E-state index in [2.05, 4.69) is 25.2 Å². The van der Waals surface area contributed by atoms with E-state index in [1.807, 2.05) is 26.0 Å². The highest BCUT2D eigenvalue weighted by Crippen LogP contribution is 2.33. The zero-order valence-electron chi connectivity index (χ0n) is 10.8. The van der Waals surface area contributed by atoms with Crippen molar-refractivity contribution in [2.24, 2.45) is 5.92 Å². The molecular weight excluding hydrogens is 214 g/mol. The van der Waals surface area contributed by atoms with E-state index < -0.39 is 0 Å². The van der Waals surface area contributed by atoms with Crippen molar-refractivity contribution in [2.45, 2.75) is 39.7 Å². The van der Waals surface area contributed by atoms with Crippen molar-refractivity contribution >= 4 is 11.6 Å². The minimum absolute atomic E-state index is 0.0478. The molecule has 0 spiro atoms. The summed E-state index contributed by atoms with van der Waals surface area (Å²) in [6.07, 6.45) is -0.382. The number of fused-ring (bicyclic) bond motifs is 1. The van der Waals surface area contributed by atoms with Crippen molar-refractivity contribution in [3.05, 3.63) is 23.8 Å². The van der Waals surface area contributed by atoms with Crippen molar-refractivity contribution in [1.82, 2.24) is 0 Å². The molecule has 92 valence electrons. The SMILES string of the molecule is CC(C)c1ccc2c(c1)NC(=O)C(C(C)C)O2. The molecule has 1 heterocycles. The minimum Gasteiger partial charge on any atom is -0.478 e. The lowest BCUT2D eigenvalue weighted by molar-refractivity contribution is -0.125. The Morgan fingerprint density at radius 2 is 1.94 bits per heavy atom. The summed E-state index contributed by atoms with van der Waals surface area (Å²) in [5, 5.41) is 2.92.